The van der Waals surface area contributed by atoms with Gasteiger partial charge in [0.1, 0.15) is 0 Å². The zero-order valence-electron chi connectivity index (χ0n) is 11.1. The Morgan fingerprint density at radius 2 is 1.88 bits per heavy atom. The average Bonchev–Trinajstić information content (AvgIpc) is 2.72. The number of rotatable bonds is 5. The molecule has 94 valence electrons. The minimum atomic E-state index is 0.00106. The fourth-order valence-corrected chi connectivity index (χ4v) is 2.54. The van der Waals surface area contributed by atoms with Crippen LogP contribution in [0.3, 0.4) is 0 Å². The Bertz CT molecular complexity index is 228. The number of nitrogens with one attached hydrogen (secondary N) is 2. The van der Waals surface area contributed by atoms with E-state index in [0.717, 1.165) is 32.2 Å². The normalized spacial score (nSPS) is 25.8. The lowest BCUT2D eigenvalue weighted by Gasteiger charge is -2.33. The smallest absolute Gasteiger partial charge is 0.237 e. The highest BCUT2D eigenvalue weighted by molar-refractivity contribution is 5.83. The van der Waals surface area contributed by atoms with Crippen molar-refractivity contribution in [1.29, 1.82) is 0 Å². The zero-order chi connectivity index (χ0) is 12.2. The zero-order valence-corrected chi connectivity index (χ0v) is 11.1. The van der Waals surface area contributed by atoms with Crippen LogP contribution in [0, 0.1) is 5.92 Å². The molecule has 3 nitrogen and oxygen atoms in total. The van der Waals surface area contributed by atoms with Gasteiger partial charge in [-0.15, -0.1) is 0 Å². The van der Waals surface area contributed by atoms with E-state index in [0.29, 0.717) is 5.92 Å². The third kappa shape index (κ3) is 2.76. The van der Waals surface area contributed by atoms with Crippen molar-refractivity contribution in [3.8, 4) is 0 Å². The number of amides is 1. The van der Waals surface area contributed by atoms with Gasteiger partial charge >= 0.3 is 0 Å². The molecule has 1 heterocycles. The van der Waals surface area contributed by atoms with Crippen LogP contribution in [-0.2, 0) is 4.79 Å². The highest BCUT2D eigenvalue weighted by atomic mass is 16.2. The van der Waals surface area contributed by atoms with Crippen LogP contribution in [0.1, 0.15) is 53.4 Å². The molecule has 1 aliphatic heterocycles. The Balaban J connectivity index is 2.61. The summed E-state index contributed by atoms with van der Waals surface area (Å²) in [5.74, 6) is 0.652. The first-order chi connectivity index (χ1) is 7.58. The fourth-order valence-electron chi connectivity index (χ4n) is 2.54. The standard InChI is InChI=1S/C13H26N2O/c1-5-13(6-2,7-3)15-12(16)11-10(4)8-9-14-11/h10-11,14H,5-9H2,1-4H3,(H,15,16). The SMILES string of the molecule is CCC(CC)(CC)NC(=O)C1NCCC1C. The lowest BCUT2D eigenvalue weighted by molar-refractivity contribution is -0.125. The molecular formula is C13H26N2O. The maximum atomic E-state index is 12.2. The lowest BCUT2D eigenvalue weighted by atomic mass is 9.89. The predicted molar refractivity (Wildman–Crippen MR) is 67.3 cm³/mol. The number of hydrogen-bond acceptors (Lipinski definition) is 2. The summed E-state index contributed by atoms with van der Waals surface area (Å²) in [6, 6.07) is 0.0176. The molecule has 0 aromatic heterocycles. The quantitative estimate of drug-likeness (QED) is 0.753. The van der Waals surface area contributed by atoms with Crippen molar-refractivity contribution in [3.05, 3.63) is 0 Å². The highest BCUT2D eigenvalue weighted by Crippen LogP contribution is 2.21. The summed E-state index contributed by atoms with van der Waals surface area (Å²) in [7, 11) is 0. The summed E-state index contributed by atoms with van der Waals surface area (Å²) in [5, 5.41) is 6.54. The summed E-state index contributed by atoms with van der Waals surface area (Å²) < 4.78 is 0. The first kappa shape index (κ1) is 13.5. The molecule has 1 saturated heterocycles. The molecule has 2 unspecified atom stereocenters. The summed E-state index contributed by atoms with van der Waals surface area (Å²) >= 11 is 0. The molecule has 2 N–H and O–H groups in total. The van der Waals surface area contributed by atoms with Gasteiger partial charge in [0.05, 0.1) is 6.04 Å². The Kier molecular flexibility index (Phi) is 4.78. The van der Waals surface area contributed by atoms with Crippen LogP contribution in [0.15, 0.2) is 0 Å². The van der Waals surface area contributed by atoms with Crippen LogP contribution in [0.4, 0.5) is 0 Å². The minimum absolute atomic E-state index is 0.00106. The summed E-state index contributed by atoms with van der Waals surface area (Å²) in [6.07, 6.45) is 4.13. The molecule has 0 saturated carbocycles. The monoisotopic (exact) mass is 226 g/mol. The van der Waals surface area contributed by atoms with E-state index in [9.17, 15) is 4.79 Å². The van der Waals surface area contributed by atoms with Crippen molar-refractivity contribution < 1.29 is 4.79 Å². The third-order valence-corrected chi connectivity index (χ3v) is 4.23. The fraction of sp³-hybridized carbons (Fsp3) is 0.923. The Morgan fingerprint density at radius 1 is 1.31 bits per heavy atom. The molecule has 0 radical (unpaired) electrons. The molecular weight excluding hydrogens is 200 g/mol. The molecule has 0 aliphatic carbocycles. The molecule has 0 spiro atoms. The molecule has 3 heteroatoms. The van der Waals surface area contributed by atoms with E-state index in [1.54, 1.807) is 0 Å². The predicted octanol–water partition coefficient (Wildman–Crippen LogP) is 2.07. The van der Waals surface area contributed by atoms with Crippen LogP contribution in [0.5, 0.6) is 0 Å². The number of hydrogen-bond donors (Lipinski definition) is 2. The van der Waals surface area contributed by atoms with Gasteiger partial charge < -0.3 is 10.6 Å². The molecule has 2 atom stereocenters. The molecule has 1 rings (SSSR count). The van der Waals surface area contributed by atoms with Gasteiger partial charge in [0.2, 0.25) is 5.91 Å². The first-order valence-corrected chi connectivity index (χ1v) is 6.64. The van der Waals surface area contributed by atoms with Gasteiger partial charge in [-0.25, -0.2) is 0 Å². The topological polar surface area (TPSA) is 41.1 Å². The highest BCUT2D eigenvalue weighted by Gasteiger charge is 2.33. The molecule has 0 bridgehead atoms. The van der Waals surface area contributed by atoms with Crippen LogP contribution < -0.4 is 10.6 Å². The van der Waals surface area contributed by atoms with E-state index in [1.165, 1.54) is 0 Å². The maximum absolute atomic E-state index is 12.2. The van der Waals surface area contributed by atoms with Crippen molar-refractivity contribution in [2.75, 3.05) is 6.54 Å². The van der Waals surface area contributed by atoms with Crippen LogP contribution in [0.2, 0.25) is 0 Å². The second-order valence-electron chi connectivity index (χ2n) is 5.03. The van der Waals surface area contributed by atoms with E-state index in [4.69, 9.17) is 0 Å². The second-order valence-corrected chi connectivity index (χ2v) is 5.03. The van der Waals surface area contributed by atoms with Gasteiger partial charge in [-0.1, -0.05) is 27.7 Å². The van der Waals surface area contributed by atoms with Gasteiger partial charge in [0, 0.05) is 5.54 Å². The van der Waals surface area contributed by atoms with Crippen molar-refractivity contribution >= 4 is 5.91 Å². The molecule has 1 aliphatic rings. The third-order valence-electron chi connectivity index (χ3n) is 4.23. The lowest BCUT2D eigenvalue weighted by Crippen LogP contribution is -2.53. The second kappa shape index (κ2) is 5.67. The molecule has 0 aromatic rings. The van der Waals surface area contributed by atoms with Crippen molar-refractivity contribution in [3.63, 3.8) is 0 Å². The largest absolute Gasteiger partial charge is 0.349 e. The van der Waals surface area contributed by atoms with Gasteiger partial charge in [0.25, 0.3) is 0 Å². The van der Waals surface area contributed by atoms with Crippen molar-refractivity contribution in [1.82, 2.24) is 10.6 Å². The maximum Gasteiger partial charge on any atom is 0.237 e. The van der Waals surface area contributed by atoms with E-state index >= 15 is 0 Å². The van der Waals surface area contributed by atoms with E-state index in [2.05, 4.69) is 38.3 Å². The summed E-state index contributed by atoms with van der Waals surface area (Å²) in [5.41, 5.74) is 0.00106. The molecule has 0 aromatic carbocycles. The summed E-state index contributed by atoms with van der Waals surface area (Å²) in [4.78, 5) is 12.2. The van der Waals surface area contributed by atoms with E-state index in [-0.39, 0.29) is 17.5 Å². The van der Waals surface area contributed by atoms with Crippen molar-refractivity contribution in [2.45, 2.75) is 65.0 Å². The van der Waals surface area contributed by atoms with Gasteiger partial charge in [-0.3, -0.25) is 4.79 Å². The molecule has 1 fully saturated rings. The minimum Gasteiger partial charge on any atom is -0.349 e. The first-order valence-electron chi connectivity index (χ1n) is 6.64. The average molecular weight is 226 g/mol. The van der Waals surface area contributed by atoms with Crippen LogP contribution >= 0.6 is 0 Å². The van der Waals surface area contributed by atoms with Crippen LogP contribution in [-0.4, -0.2) is 24.0 Å². The van der Waals surface area contributed by atoms with Crippen molar-refractivity contribution in [2.24, 2.45) is 5.92 Å². The van der Waals surface area contributed by atoms with Gasteiger partial charge in [0.15, 0.2) is 0 Å². The molecule has 16 heavy (non-hydrogen) atoms. The van der Waals surface area contributed by atoms with E-state index in [1.807, 2.05) is 0 Å². The number of carbonyl (C=O) groups excluding carboxylic acids is 1. The Hall–Kier alpha value is -0.570. The Morgan fingerprint density at radius 3 is 2.25 bits per heavy atom. The number of carbonyl (C=O) groups is 1. The summed E-state index contributed by atoms with van der Waals surface area (Å²) in [6.45, 7) is 9.57. The van der Waals surface area contributed by atoms with E-state index < -0.39 is 0 Å². The van der Waals surface area contributed by atoms with Crippen LogP contribution in [0.25, 0.3) is 0 Å². The Labute approximate surface area is 99.4 Å². The van der Waals surface area contributed by atoms with Gasteiger partial charge in [-0.2, -0.15) is 0 Å². The van der Waals surface area contributed by atoms with Gasteiger partial charge in [-0.05, 0) is 38.1 Å². The molecule has 1 amide bonds.